The van der Waals surface area contributed by atoms with E-state index in [4.69, 9.17) is 5.73 Å². The predicted molar refractivity (Wildman–Crippen MR) is 124 cm³/mol. The van der Waals surface area contributed by atoms with Gasteiger partial charge in [-0.3, -0.25) is 10.5 Å². The number of aliphatic hydroxyl groups excluding tert-OH is 1. The predicted octanol–water partition coefficient (Wildman–Crippen LogP) is 1.74. The molecule has 1 saturated heterocycles. The maximum atomic E-state index is 15.5. The molecule has 1 aromatic carbocycles. The van der Waals surface area contributed by atoms with Crippen LogP contribution in [0.1, 0.15) is 43.4 Å². The summed E-state index contributed by atoms with van der Waals surface area (Å²) in [4.78, 5) is 31.5. The van der Waals surface area contributed by atoms with Gasteiger partial charge in [-0.2, -0.15) is 0 Å². The van der Waals surface area contributed by atoms with Gasteiger partial charge in [-0.1, -0.05) is 0 Å². The average Bonchev–Trinajstić information content (AvgIpc) is 3.35. The third-order valence-corrected chi connectivity index (χ3v) is 7.28. The summed E-state index contributed by atoms with van der Waals surface area (Å²) in [6.45, 7) is 3.13. The Morgan fingerprint density at radius 2 is 2.06 bits per heavy atom. The van der Waals surface area contributed by atoms with Gasteiger partial charge in [0.2, 0.25) is 0 Å². The van der Waals surface area contributed by atoms with Crippen molar-refractivity contribution in [2.45, 2.75) is 56.8 Å². The van der Waals surface area contributed by atoms with Crippen LogP contribution in [0.15, 0.2) is 35.8 Å². The Balaban J connectivity index is 1.68. The van der Waals surface area contributed by atoms with Crippen LogP contribution in [0.3, 0.4) is 0 Å². The quantitative estimate of drug-likeness (QED) is 0.520. The summed E-state index contributed by atoms with van der Waals surface area (Å²) in [5, 5.41) is 20.0. The fourth-order valence-corrected chi connectivity index (χ4v) is 5.31. The molecule has 2 aliphatic heterocycles. The zero-order chi connectivity index (χ0) is 24.2. The molecule has 10 heteroatoms. The number of aliphatic hydroxyl groups is 1. The first-order chi connectivity index (χ1) is 16.2. The average molecular weight is 470 g/mol. The number of nitrogens with zero attached hydrogens (tertiary/aromatic N) is 4. The van der Waals surface area contributed by atoms with Crippen LogP contribution in [0.25, 0.3) is 10.9 Å². The van der Waals surface area contributed by atoms with E-state index < -0.39 is 22.9 Å². The third-order valence-electron chi connectivity index (χ3n) is 7.28. The van der Waals surface area contributed by atoms with Crippen molar-refractivity contribution in [3.63, 3.8) is 0 Å². The minimum Gasteiger partial charge on any atom is -0.478 e. The Morgan fingerprint density at radius 3 is 2.71 bits per heavy atom. The van der Waals surface area contributed by atoms with Gasteiger partial charge in [-0.15, -0.1) is 0 Å². The smallest absolute Gasteiger partial charge is 0.345 e. The van der Waals surface area contributed by atoms with Gasteiger partial charge in [0.15, 0.2) is 11.1 Å². The second-order valence-electron chi connectivity index (χ2n) is 9.45. The number of carboxylic acids is 1. The third kappa shape index (κ3) is 3.48. The van der Waals surface area contributed by atoms with Crippen LogP contribution in [0.5, 0.6) is 0 Å². The highest BCUT2D eigenvalue weighted by atomic mass is 19.1. The molecular formula is C24H28FN5O4. The van der Waals surface area contributed by atoms with E-state index in [1.165, 1.54) is 29.4 Å². The van der Waals surface area contributed by atoms with Gasteiger partial charge in [0.05, 0.1) is 23.6 Å². The number of imidazole rings is 1. The number of nitrogens with two attached hydrogens (primary N) is 1. The first-order valence-electron chi connectivity index (χ1n) is 11.5. The number of carboxylic acid groups (broad SMARTS) is 1. The highest BCUT2D eigenvalue weighted by Gasteiger charge is 2.38. The number of piperidine rings is 1. The molecule has 4 heterocycles. The fraction of sp³-hybridized carbons (Fsp3) is 0.458. The molecule has 0 aliphatic carbocycles. The Morgan fingerprint density at radius 1 is 1.32 bits per heavy atom. The Kier molecular flexibility index (Phi) is 5.44. The number of halogens is 1. The first-order valence-corrected chi connectivity index (χ1v) is 11.5. The monoisotopic (exact) mass is 469 g/mol. The molecule has 2 atom stereocenters. The minimum absolute atomic E-state index is 0.0427. The van der Waals surface area contributed by atoms with E-state index in [2.05, 4.69) is 4.98 Å². The molecule has 34 heavy (non-hydrogen) atoms. The molecular weight excluding hydrogens is 441 g/mol. The number of hydrogen-bond acceptors (Lipinski definition) is 6. The van der Waals surface area contributed by atoms with E-state index in [0.717, 1.165) is 12.0 Å². The van der Waals surface area contributed by atoms with Crippen LogP contribution < -0.4 is 16.1 Å². The van der Waals surface area contributed by atoms with Crippen molar-refractivity contribution in [2.24, 2.45) is 5.73 Å². The molecule has 0 bridgehead atoms. The second-order valence-corrected chi connectivity index (χ2v) is 9.45. The molecule has 0 unspecified atom stereocenters. The lowest BCUT2D eigenvalue weighted by Gasteiger charge is -2.36. The summed E-state index contributed by atoms with van der Waals surface area (Å²) in [5.41, 5.74) is 6.12. The van der Waals surface area contributed by atoms with Crippen LogP contribution in [-0.4, -0.2) is 49.5 Å². The van der Waals surface area contributed by atoms with Gasteiger partial charge in [0, 0.05) is 60.7 Å². The number of hydrogen-bond donors (Lipinski definition) is 3. The number of aliphatic carboxylic acids is 1. The van der Waals surface area contributed by atoms with E-state index in [0.29, 0.717) is 43.6 Å². The number of anilines is 1. The van der Waals surface area contributed by atoms with E-state index in [1.807, 2.05) is 16.4 Å². The summed E-state index contributed by atoms with van der Waals surface area (Å²) >= 11 is 0. The molecule has 3 aromatic rings. The van der Waals surface area contributed by atoms with Crippen molar-refractivity contribution in [3.8, 4) is 0 Å². The molecule has 4 N–H and O–H groups in total. The number of rotatable bonds is 5. The molecule has 0 radical (unpaired) electrons. The fourth-order valence-electron chi connectivity index (χ4n) is 5.31. The van der Waals surface area contributed by atoms with E-state index in [9.17, 15) is 19.8 Å². The molecule has 2 aliphatic rings. The van der Waals surface area contributed by atoms with Crippen molar-refractivity contribution < 1.29 is 19.4 Å². The Labute approximate surface area is 195 Å². The van der Waals surface area contributed by atoms with Gasteiger partial charge in [-0.05, 0) is 38.7 Å². The van der Waals surface area contributed by atoms with Gasteiger partial charge in [0.1, 0.15) is 5.82 Å². The molecule has 1 fully saturated rings. The van der Waals surface area contributed by atoms with Crippen LogP contribution in [0, 0.1) is 5.82 Å². The maximum Gasteiger partial charge on any atom is 0.345 e. The summed E-state index contributed by atoms with van der Waals surface area (Å²) in [5.74, 6) is -1.77. The highest BCUT2D eigenvalue weighted by molar-refractivity contribution is 5.89. The summed E-state index contributed by atoms with van der Waals surface area (Å²) < 4.78 is 18.7. The molecule has 2 aromatic heterocycles. The van der Waals surface area contributed by atoms with Crippen molar-refractivity contribution in [2.75, 3.05) is 18.0 Å². The summed E-state index contributed by atoms with van der Waals surface area (Å²) in [6, 6.07) is 1.32. The molecule has 0 spiro atoms. The standard InChI is InChI=1S/C24H28FN5O4/c1-14-2-3-17-20-18(10-19(25)21(17)28-7-4-16(31)5-8-28)22(32)15(12-30(14)20)11-24(26,23(33)34)29-9-6-27-13-29/h6,9-10,12-14,16,31H,2-5,7-8,11,26H2,1H3,(H,33,34)/t14-,24-/m0/s1. The molecule has 0 amide bonds. The minimum atomic E-state index is -1.91. The van der Waals surface area contributed by atoms with Gasteiger partial charge in [0.25, 0.3) is 0 Å². The Hall–Kier alpha value is -3.24. The van der Waals surface area contributed by atoms with Crippen LogP contribution >= 0.6 is 0 Å². The van der Waals surface area contributed by atoms with Gasteiger partial charge < -0.3 is 24.2 Å². The normalized spacial score (nSPS) is 20.5. The van der Waals surface area contributed by atoms with Crippen molar-refractivity contribution in [1.82, 2.24) is 14.1 Å². The number of aryl methyl sites for hydroxylation is 1. The van der Waals surface area contributed by atoms with Crippen molar-refractivity contribution in [3.05, 3.63) is 58.2 Å². The molecule has 0 saturated carbocycles. The first kappa shape index (κ1) is 22.5. The maximum absolute atomic E-state index is 15.5. The summed E-state index contributed by atoms with van der Waals surface area (Å²) in [7, 11) is 0. The Bertz CT molecular complexity index is 1310. The summed E-state index contributed by atoms with van der Waals surface area (Å²) in [6.07, 6.45) is 7.73. The SMILES string of the molecule is C[C@H]1CCc2c(N3CCC(O)CC3)c(F)cc3c(=O)c(C[C@@](N)(C(=O)O)n4ccnc4)cn1c23. The van der Waals surface area contributed by atoms with Crippen LogP contribution in [0.2, 0.25) is 0 Å². The number of benzene rings is 1. The second kappa shape index (κ2) is 8.21. The number of pyridine rings is 1. The molecule has 180 valence electrons. The van der Waals surface area contributed by atoms with Gasteiger partial charge in [-0.25, -0.2) is 14.2 Å². The zero-order valence-electron chi connectivity index (χ0n) is 18.9. The van der Waals surface area contributed by atoms with Crippen LogP contribution in [0.4, 0.5) is 10.1 Å². The van der Waals surface area contributed by atoms with Crippen LogP contribution in [-0.2, 0) is 23.3 Å². The van der Waals surface area contributed by atoms with Crippen molar-refractivity contribution >= 4 is 22.6 Å². The molecule has 9 nitrogen and oxygen atoms in total. The largest absolute Gasteiger partial charge is 0.478 e. The number of aromatic nitrogens is 3. The van der Waals surface area contributed by atoms with E-state index >= 15 is 4.39 Å². The van der Waals surface area contributed by atoms with Gasteiger partial charge >= 0.3 is 5.97 Å². The van der Waals surface area contributed by atoms with E-state index in [-0.39, 0.29) is 29.5 Å². The molecule has 5 rings (SSSR count). The lowest BCUT2D eigenvalue weighted by Crippen LogP contribution is -2.52. The lowest BCUT2D eigenvalue weighted by atomic mass is 9.91. The van der Waals surface area contributed by atoms with Crippen molar-refractivity contribution in [1.29, 1.82) is 0 Å². The zero-order valence-corrected chi connectivity index (χ0v) is 18.9. The lowest BCUT2D eigenvalue weighted by molar-refractivity contribution is -0.147. The highest BCUT2D eigenvalue weighted by Crippen LogP contribution is 2.39. The van der Waals surface area contributed by atoms with E-state index in [1.54, 1.807) is 6.20 Å². The number of carbonyl (C=O) groups is 1. The topological polar surface area (TPSA) is 127 Å².